The SMILES string of the molecule is CCN(CC)C1CCN(C(=O)c2nonc2N)C1. The zero-order valence-corrected chi connectivity index (χ0v) is 10.8. The molecule has 18 heavy (non-hydrogen) atoms. The Morgan fingerprint density at radius 3 is 2.78 bits per heavy atom. The van der Waals surface area contributed by atoms with Gasteiger partial charge in [0.15, 0.2) is 0 Å². The second kappa shape index (κ2) is 5.34. The predicted molar refractivity (Wildman–Crippen MR) is 65.9 cm³/mol. The van der Waals surface area contributed by atoms with Gasteiger partial charge in [-0.3, -0.25) is 9.69 Å². The Hall–Kier alpha value is -1.63. The number of nitrogens with two attached hydrogens (primary N) is 1. The second-order valence-corrected chi connectivity index (χ2v) is 4.41. The van der Waals surface area contributed by atoms with Crippen LogP contribution in [-0.2, 0) is 0 Å². The summed E-state index contributed by atoms with van der Waals surface area (Å²) >= 11 is 0. The normalized spacial score (nSPS) is 19.7. The number of hydrogen-bond donors (Lipinski definition) is 1. The quantitative estimate of drug-likeness (QED) is 0.825. The Kier molecular flexibility index (Phi) is 3.81. The van der Waals surface area contributed by atoms with Crippen LogP contribution in [0.25, 0.3) is 0 Å². The third-order valence-corrected chi connectivity index (χ3v) is 3.50. The van der Waals surface area contributed by atoms with Crippen LogP contribution in [-0.4, -0.2) is 58.2 Å². The number of carbonyl (C=O) groups is 1. The van der Waals surface area contributed by atoms with E-state index in [9.17, 15) is 4.79 Å². The molecule has 2 heterocycles. The predicted octanol–water partition coefficient (Wildman–Crippen LogP) is 0.208. The monoisotopic (exact) mass is 253 g/mol. The molecular formula is C11H19N5O2. The molecule has 1 unspecified atom stereocenters. The highest BCUT2D eigenvalue weighted by Gasteiger charge is 2.32. The molecule has 0 radical (unpaired) electrons. The molecule has 0 spiro atoms. The minimum atomic E-state index is -0.191. The summed E-state index contributed by atoms with van der Waals surface area (Å²) in [6.07, 6.45) is 0.985. The van der Waals surface area contributed by atoms with E-state index in [-0.39, 0.29) is 17.4 Å². The fourth-order valence-electron chi connectivity index (χ4n) is 2.46. The molecule has 1 atom stereocenters. The largest absolute Gasteiger partial charge is 0.379 e. The van der Waals surface area contributed by atoms with Crippen LogP contribution in [0.2, 0.25) is 0 Å². The lowest BCUT2D eigenvalue weighted by molar-refractivity contribution is 0.0767. The molecule has 1 fully saturated rings. The number of likely N-dealkylation sites (N-methyl/N-ethyl adjacent to an activating group) is 1. The van der Waals surface area contributed by atoms with Gasteiger partial charge in [0.2, 0.25) is 11.5 Å². The van der Waals surface area contributed by atoms with Crippen LogP contribution in [0.3, 0.4) is 0 Å². The van der Waals surface area contributed by atoms with Gasteiger partial charge in [-0.15, -0.1) is 0 Å². The molecule has 7 heteroatoms. The number of nitrogen functional groups attached to an aromatic ring is 1. The van der Waals surface area contributed by atoms with Crippen molar-refractivity contribution in [3.05, 3.63) is 5.69 Å². The highest BCUT2D eigenvalue weighted by molar-refractivity contribution is 5.96. The maximum Gasteiger partial charge on any atom is 0.280 e. The Labute approximate surface area is 106 Å². The van der Waals surface area contributed by atoms with Crippen molar-refractivity contribution >= 4 is 11.7 Å². The first-order valence-corrected chi connectivity index (χ1v) is 6.28. The maximum absolute atomic E-state index is 12.1. The van der Waals surface area contributed by atoms with Crippen LogP contribution in [0, 0.1) is 0 Å². The molecule has 2 rings (SSSR count). The molecule has 7 nitrogen and oxygen atoms in total. The van der Waals surface area contributed by atoms with Crippen LogP contribution < -0.4 is 5.73 Å². The van der Waals surface area contributed by atoms with Gasteiger partial charge in [0, 0.05) is 19.1 Å². The summed E-state index contributed by atoms with van der Waals surface area (Å²) in [7, 11) is 0. The van der Waals surface area contributed by atoms with Crippen molar-refractivity contribution < 1.29 is 9.42 Å². The van der Waals surface area contributed by atoms with E-state index in [1.165, 1.54) is 0 Å². The van der Waals surface area contributed by atoms with Gasteiger partial charge in [0.25, 0.3) is 5.91 Å². The van der Waals surface area contributed by atoms with Crippen LogP contribution in [0.15, 0.2) is 4.63 Å². The van der Waals surface area contributed by atoms with E-state index in [2.05, 4.69) is 33.7 Å². The van der Waals surface area contributed by atoms with E-state index in [0.29, 0.717) is 12.6 Å². The van der Waals surface area contributed by atoms with Gasteiger partial charge in [-0.05, 0) is 29.8 Å². The molecule has 1 aromatic heterocycles. The van der Waals surface area contributed by atoms with Gasteiger partial charge in [0.1, 0.15) is 0 Å². The molecule has 0 aliphatic carbocycles. The average molecular weight is 253 g/mol. The lowest BCUT2D eigenvalue weighted by Crippen LogP contribution is -2.38. The Morgan fingerprint density at radius 1 is 1.50 bits per heavy atom. The van der Waals surface area contributed by atoms with E-state index < -0.39 is 0 Å². The van der Waals surface area contributed by atoms with E-state index in [4.69, 9.17) is 5.73 Å². The van der Waals surface area contributed by atoms with Crippen LogP contribution in [0.1, 0.15) is 30.8 Å². The molecule has 100 valence electrons. The number of anilines is 1. The van der Waals surface area contributed by atoms with Crippen molar-refractivity contribution in [1.29, 1.82) is 0 Å². The van der Waals surface area contributed by atoms with Gasteiger partial charge < -0.3 is 10.6 Å². The Bertz CT molecular complexity index is 415. The lowest BCUT2D eigenvalue weighted by Gasteiger charge is -2.25. The lowest BCUT2D eigenvalue weighted by atomic mass is 10.2. The van der Waals surface area contributed by atoms with Crippen LogP contribution in [0.5, 0.6) is 0 Å². The summed E-state index contributed by atoms with van der Waals surface area (Å²) in [4.78, 5) is 16.3. The average Bonchev–Trinajstić information content (AvgIpc) is 2.99. The van der Waals surface area contributed by atoms with Gasteiger partial charge >= 0.3 is 0 Å². The summed E-state index contributed by atoms with van der Waals surface area (Å²) in [6, 6.07) is 0.421. The fourth-order valence-corrected chi connectivity index (χ4v) is 2.46. The number of carbonyl (C=O) groups excluding carboxylic acids is 1. The molecule has 1 amide bonds. The van der Waals surface area contributed by atoms with Crippen LogP contribution >= 0.6 is 0 Å². The molecular weight excluding hydrogens is 234 g/mol. The van der Waals surface area contributed by atoms with Crippen molar-refractivity contribution in [1.82, 2.24) is 20.1 Å². The third-order valence-electron chi connectivity index (χ3n) is 3.50. The van der Waals surface area contributed by atoms with Crippen molar-refractivity contribution in [2.45, 2.75) is 26.3 Å². The van der Waals surface area contributed by atoms with E-state index >= 15 is 0 Å². The summed E-state index contributed by atoms with van der Waals surface area (Å²) in [5.41, 5.74) is 5.65. The minimum Gasteiger partial charge on any atom is -0.379 e. The highest BCUT2D eigenvalue weighted by Crippen LogP contribution is 2.18. The number of amides is 1. The Balaban J connectivity index is 2.01. The molecule has 0 aromatic carbocycles. The molecule has 1 saturated heterocycles. The molecule has 1 aliphatic rings. The first-order chi connectivity index (χ1) is 8.67. The molecule has 1 aromatic rings. The zero-order chi connectivity index (χ0) is 13.1. The summed E-state index contributed by atoms with van der Waals surface area (Å²) in [5.74, 6) is -0.130. The Morgan fingerprint density at radius 2 is 2.22 bits per heavy atom. The number of rotatable bonds is 4. The van der Waals surface area contributed by atoms with E-state index in [0.717, 1.165) is 26.1 Å². The highest BCUT2D eigenvalue weighted by atomic mass is 16.6. The number of likely N-dealkylation sites (tertiary alicyclic amines) is 1. The molecule has 2 N–H and O–H groups in total. The van der Waals surface area contributed by atoms with E-state index in [1.54, 1.807) is 4.90 Å². The summed E-state index contributed by atoms with van der Waals surface area (Å²) in [6.45, 7) is 7.70. The maximum atomic E-state index is 12.1. The zero-order valence-electron chi connectivity index (χ0n) is 10.8. The topological polar surface area (TPSA) is 88.5 Å². The van der Waals surface area contributed by atoms with Crippen molar-refractivity contribution in [3.8, 4) is 0 Å². The smallest absolute Gasteiger partial charge is 0.280 e. The second-order valence-electron chi connectivity index (χ2n) is 4.41. The summed E-state index contributed by atoms with van der Waals surface area (Å²) in [5, 5.41) is 6.98. The van der Waals surface area contributed by atoms with Gasteiger partial charge in [0.05, 0.1) is 0 Å². The van der Waals surface area contributed by atoms with Gasteiger partial charge in [-0.25, -0.2) is 4.63 Å². The first kappa shape index (κ1) is 12.8. The van der Waals surface area contributed by atoms with Crippen molar-refractivity contribution in [2.24, 2.45) is 0 Å². The van der Waals surface area contributed by atoms with Crippen molar-refractivity contribution in [3.63, 3.8) is 0 Å². The molecule has 0 bridgehead atoms. The number of nitrogens with zero attached hydrogens (tertiary/aromatic N) is 4. The third kappa shape index (κ3) is 2.31. The number of hydrogen-bond acceptors (Lipinski definition) is 6. The van der Waals surface area contributed by atoms with Crippen molar-refractivity contribution in [2.75, 3.05) is 31.9 Å². The van der Waals surface area contributed by atoms with Crippen LogP contribution in [0.4, 0.5) is 5.82 Å². The van der Waals surface area contributed by atoms with Gasteiger partial charge in [-0.1, -0.05) is 13.8 Å². The van der Waals surface area contributed by atoms with E-state index in [1.807, 2.05) is 0 Å². The van der Waals surface area contributed by atoms with Gasteiger partial charge in [-0.2, -0.15) is 0 Å². The standard InChI is InChI=1S/C11H19N5O2/c1-3-15(4-2)8-5-6-16(7-8)11(17)9-10(12)14-18-13-9/h8H,3-7H2,1-2H3,(H2,12,14). The number of aromatic nitrogens is 2. The fraction of sp³-hybridized carbons (Fsp3) is 0.727. The first-order valence-electron chi connectivity index (χ1n) is 6.28. The summed E-state index contributed by atoms with van der Waals surface area (Å²) < 4.78 is 4.46. The molecule has 1 aliphatic heterocycles. The molecule has 0 saturated carbocycles. The minimum absolute atomic E-state index is 0.0614.